The lowest BCUT2D eigenvalue weighted by atomic mass is 10.1. The average molecular weight is 436 g/mol. The molecule has 6 nitrogen and oxygen atoms in total. The zero-order chi connectivity index (χ0) is 21.1. The molecule has 30 heavy (non-hydrogen) atoms. The summed E-state index contributed by atoms with van der Waals surface area (Å²) in [7, 11) is 0. The second-order valence-corrected chi connectivity index (χ2v) is 8.64. The monoisotopic (exact) mass is 435 g/mol. The molecule has 2 heterocycles. The molecule has 2 aromatic heterocycles. The highest BCUT2D eigenvalue weighted by Crippen LogP contribution is 2.33. The third-order valence-electron chi connectivity index (χ3n) is 4.48. The molecule has 152 valence electrons. The molecule has 4 aromatic rings. The molecule has 8 heteroatoms. The molecule has 0 aliphatic heterocycles. The molecule has 0 saturated carbocycles. The molecule has 0 aliphatic rings. The summed E-state index contributed by atoms with van der Waals surface area (Å²) in [6, 6.07) is 15.9. The molecule has 0 aliphatic carbocycles. The first-order chi connectivity index (χ1) is 14.5. The number of amides is 1. The van der Waals surface area contributed by atoms with Crippen LogP contribution in [0.4, 0.5) is 10.8 Å². The first-order valence-corrected chi connectivity index (χ1v) is 11.3. The van der Waals surface area contributed by atoms with Crippen LogP contribution in [-0.4, -0.2) is 25.7 Å². The van der Waals surface area contributed by atoms with E-state index in [9.17, 15) is 4.79 Å². The topological polar surface area (TPSA) is 63.9 Å². The molecule has 2 aromatic carbocycles. The smallest absolute Gasteiger partial charge is 0.230 e. The highest BCUT2D eigenvalue weighted by Gasteiger charge is 2.20. The van der Waals surface area contributed by atoms with Gasteiger partial charge in [-0.2, -0.15) is 0 Å². The van der Waals surface area contributed by atoms with Gasteiger partial charge in [0.15, 0.2) is 5.13 Å². The normalized spacial score (nSPS) is 10.9. The molecule has 0 bridgehead atoms. The second-order valence-electron chi connectivity index (χ2n) is 6.86. The van der Waals surface area contributed by atoms with E-state index in [-0.39, 0.29) is 5.91 Å². The van der Waals surface area contributed by atoms with Crippen LogP contribution in [0, 0.1) is 13.8 Å². The number of rotatable bonds is 6. The minimum atomic E-state index is -0.0567. The number of thioether (sulfide) groups is 1. The number of anilines is 2. The van der Waals surface area contributed by atoms with Gasteiger partial charge >= 0.3 is 0 Å². The fourth-order valence-corrected chi connectivity index (χ4v) is 4.76. The lowest BCUT2D eigenvalue weighted by molar-refractivity contribution is -0.115. The quantitative estimate of drug-likeness (QED) is 0.384. The van der Waals surface area contributed by atoms with Crippen LogP contribution < -0.4 is 4.90 Å². The number of carbonyl (C=O) groups excluding carboxylic acids is 1. The van der Waals surface area contributed by atoms with Gasteiger partial charge in [-0.05, 0) is 37.6 Å². The fourth-order valence-electron chi connectivity index (χ4n) is 3.09. The molecule has 0 saturated heterocycles. The molecular formula is C22H21N5OS2. The number of hydrogen-bond donors (Lipinski definition) is 0. The summed E-state index contributed by atoms with van der Waals surface area (Å²) in [6.45, 7) is 5.62. The number of aryl methyl sites for hydroxylation is 2. The molecule has 0 radical (unpaired) electrons. The molecule has 0 N–H and O–H groups in total. The van der Waals surface area contributed by atoms with Crippen molar-refractivity contribution < 1.29 is 4.79 Å². The zero-order valence-electron chi connectivity index (χ0n) is 16.9. The Kier molecular flexibility index (Phi) is 5.96. The van der Waals surface area contributed by atoms with Crippen LogP contribution in [0.2, 0.25) is 0 Å². The minimum Gasteiger partial charge on any atom is -0.274 e. The molecule has 1 amide bonds. The van der Waals surface area contributed by atoms with Gasteiger partial charge in [-0.25, -0.2) is 14.6 Å². The largest absolute Gasteiger partial charge is 0.274 e. The van der Waals surface area contributed by atoms with Crippen molar-refractivity contribution in [3.63, 3.8) is 0 Å². The van der Waals surface area contributed by atoms with Crippen molar-refractivity contribution >= 4 is 39.8 Å². The van der Waals surface area contributed by atoms with Crippen LogP contribution in [0.3, 0.4) is 0 Å². The zero-order valence-corrected chi connectivity index (χ0v) is 18.6. The van der Waals surface area contributed by atoms with Crippen LogP contribution in [0.25, 0.3) is 5.69 Å². The van der Waals surface area contributed by atoms with Crippen LogP contribution in [0.5, 0.6) is 0 Å². The third-order valence-corrected chi connectivity index (χ3v) is 6.24. The molecule has 0 unspecified atom stereocenters. The van der Waals surface area contributed by atoms with Gasteiger partial charge in [0, 0.05) is 18.1 Å². The molecular weight excluding hydrogens is 414 g/mol. The first kappa shape index (κ1) is 20.3. The van der Waals surface area contributed by atoms with Crippen molar-refractivity contribution in [3.8, 4) is 5.69 Å². The Balaban J connectivity index is 1.48. The fraction of sp³-hybridized carbons (Fsp3) is 0.182. The predicted molar refractivity (Wildman–Crippen MR) is 122 cm³/mol. The van der Waals surface area contributed by atoms with Crippen molar-refractivity contribution in [2.45, 2.75) is 31.7 Å². The van der Waals surface area contributed by atoms with E-state index < -0.39 is 0 Å². The van der Waals surface area contributed by atoms with E-state index in [4.69, 9.17) is 4.98 Å². The molecule has 0 atom stereocenters. The van der Waals surface area contributed by atoms with E-state index in [0.717, 1.165) is 22.6 Å². The van der Waals surface area contributed by atoms with E-state index in [1.165, 1.54) is 28.7 Å². The molecule has 4 rings (SSSR count). The van der Waals surface area contributed by atoms with Crippen molar-refractivity contribution in [2.24, 2.45) is 0 Å². The van der Waals surface area contributed by atoms with Crippen LogP contribution in [0.15, 0.2) is 65.4 Å². The third kappa shape index (κ3) is 4.44. The second kappa shape index (κ2) is 8.81. The van der Waals surface area contributed by atoms with Gasteiger partial charge in [0.25, 0.3) is 0 Å². The Morgan fingerprint density at radius 1 is 1.17 bits per heavy atom. The van der Waals surface area contributed by atoms with E-state index in [0.29, 0.717) is 16.0 Å². The standard InChI is InChI=1S/C22H21N5OS2/c1-15-9-10-20(16(2)11-15)27(17(3)28)22-24-18(13-30-22)12-29-21-23-14-26(25-21)19-7-5-4-6-8-19/h4-11,13-14H,12H2,1-3H3. The van der Waals surface area contributed by atoms with Gasteiger partial charge in [0.05, 0.1) is 17.1 Å². The maximum Gasteiger partial charge on any atom is 0.230 e. The van der Waals surface area contributed by atoms with E-state index in [2.05, 4.69) is 16.1 Å². The summed E-state index contributed by atoms with van der Waals surface area (Å²) in [5.41, 5.74) is 4.95. The number of nitrogens with zero attached hydrogens (tertiary/aromatic N) is 5. The van der Waals surface area contributed by atoms with E-state index in [1.807, 2.05) is 61.7 Å². The average Bonchev–Trinajstić information content (AvgIpc) is 3.38. The molecule has 0 fully saturated rings. The Morgan fingerprint density at radius 2 is 1.97 bits per heavy atom. The Labute approximate surface area is 183 Å². The van der Waals surface area contributed by atoms with Gasteiger partial charge in [-0.3, -0.25) is 9.69 Å². The SMILES string of the molecule is CC(=O)N(c1nc(CSc2ncn(-c3ccccc3)n2)cs1)c1ccc(C)cc1C. The Morgan fingerprint density at radius 3 is 2.70 bits per heavy atom. The highest BCUT2D eigenvalue weighted by molar-refractivity contribution is 7.98. The summed E-state index contributed by atoms with van der Waals surface area (Å²) in [5, 5.41) is 7.86. The van der Waals surface area contributed by atoms with Gasteiger partial charge in [0.1, 0.15) is 6.33 Å². The lowest BCUT2D eigenvalue weighted by Crippen LogP contribution is -2.23. The number of para-hydroxylation sites is 1. The number of hydrogen-bond acceptors (Lipinski definition) is 6. The van der Waals surface area contributed by atoms with Gasteiger partial charge in [0.2, 0.25) is 11.1 Å². The van der Waals surface area contributed by atoms with Crippen molar-refractivity contribution in [1.29, 1.82) is 0 Å². The maximum absolute atomic E-state index is 12.4. The number of thiazole rings is 1. The molecule has 0 spiro atoms. The van der Waals surface area contributed by atoms with Crippen molar-refractivity contribution in [3.05, 3.63) is 77.1 Å². The number of carbonyl (C=O) groups is 1. The van der Waals surface area contributed by atoms with Crippen LogP contribution in [0.1, 0.15) is 23.7 Å². The lowest BCUT2D eigenvalue weighted by Gasteiger charge is -2.20. The summed E-state index contributed by atoms with van der Waals surface area (Å²) in [6.07, 6.45) is 1.71. The maximum atomic E-state index is 12.4. The van der Waals surface area contributed by atoms with Crippen molar-refractivity contribution in [2.75, 3.05) is 4.90 Å². The predicted octanol–water partition coefficient (Wildman–Crippen LogP) is 5.32. The Bertz CT molecular complexity index is 1170. The van der Waals surface area contributed by atoms with Crippen LogP contribution in [-0.2, 0) is 10.5 Å². The van der Waals surface area contributed by atoms with Crippen molar-refractivity contribution in [1.82, 2.24) is 19.7 Å². The highest BCUT2D eigenvalue weighted by atomic mass is 32.2. The minimum absolute atomic E-state index is 0.0567. The number of aromatic nitrogens is 4. The summed E-state index contributed by atoms with van der Waals surface area (Å²) >= 11 is 2.99. The summed E-state index contributed by atoms with van der Waals surface area (Å²) in [5.74, 6) is 0.576. The number of benzene rings is 2. The summed E-state index contributed by atoms with van der Waals surface area (Å²) in [4.78, 5) is 23.1. The first-order valence-electron chi connectivity index (χ1n) is 9.43. The van der Waals surface area contributed by atoms with Crippen LogP contribution >= 0.6 is 23.1 Å². The van der Waals surface area contributed by atoms with Gasteiger partial charge in [-0.15, -0.1) is 16.4 Å². The van der Waals surface area contributed by atoms with Gasteiger partial charge in [-0.1, -0.05) is 47.7 Å². The summed E-state index contributed by atoms with van der Waals surface area (Å²) < 4.78 is 1.76. The van der Waals surface area contributed by atoms with E-state index in [1.54, 1.807) is 22.8 Å². The Hall–Kier alpha value is -2.97. The van der Waals surface area contributed by atoms with E-state index >= 15 is 0 Å². The van der Waals surface area contributed by atoms with Gasteiger partial charge < -0.3 is 0 Å².